The van der Waals surface area contributed by atoms with Gasteiger partial charge in [-0.25, -0.2) is 4.98 Å². The van der Waals surface area contributed by atoms with Crippen LogP contribution in [0.2, 0.25) is 0 Å². The second-order valence-electron chi connectivity index (χ2n) is 10.5. The molecule has 8 nitrogen and oxygen atoms in total. The van der Waals surface area contributed by atoms with Gasteiger partial charge in [-0.3, -0.25) is 4.79 Å². The van der Waals surface area contributed by atoms with Crippen molar-refractivity contribution in [3.8, 4) is 17.1 Å². The summed E-state index contributed by atoms with van der Waals surface area (Å²) in [5.74, 6) is -0.728. The molecule has 0 aliphatic carbocycles. The molecule has 0 saturated heterocycles. The number of ether oxygens (including phenoxy) is 1. The van der Waals surface area contributed by atoms with Crippen molar-refractivity contribution in [1.29, 1.82) is 0 Å². The van der Waals surface area contributed by atoms with Gasteiger partial charge < -0.3 is 24.5 Å². The molecule has 1 amide bonds. The lowest BCUT2D eigenvalue weighted by atomic mass is 10.00. The number of aryl methyl sites for hydroxylation is 1. The number of rotatable bonds is 10. The predicted molar refractivity (Wildman–Crippen MR) is 154 cm³/mol. The van der Waals surface area contributed by atoms with E-state index in [-0.39, 0.29) is 36.5 Å². The number of amides is 1. The molecule has 2 aromatic carbocycles. The maximum absolute atomic E-state index is 13.5. The Bertz CT molecular complexity index is 1350. The van der Waals surface area contributed by atoms with Crippen LogP contribution in [-0.2, 0) is 18.9 Å². The number of nitrogens with zero attached hydrogens (tertiary/aromatic N) is 5. The third kappa shape index (κ3) is 11.1. The molecule has 3 rings (SSSR count). The van der Waals surface area contributed by atoms with E-state index in [1.807, 2.05) is 51.0 Å². The summed E-state index contributed by atoms with van der Waals surface area (Å²) in [6.07, 6.45) is -8.59. The summed E-state index contributed by atoms with van der Waals surface area (Å²) in [6, 6.07) is 8.27. The van der Waals surface area contributed by atoms with E-state index >= 15 is 0 Å². The first-order chi connectivity index (χ1) is 20.4. The highest BCUT2D eigenvalue weighted by molar-refractivity contribution is 5.99. The average Bonchev–Trinajstić information content (AvgIpc) is 2.92. The molecule has 0 atom stereocenters. The molecular formula is C30H37F6N5O3. The highest BCUT2D eigenvalue weighted by Gasteiger charge is 2.37. The lowest BCUT2D eigenvalue weighted by molar-refractivity contribution is -0.143. The highest BCUT2D eigenvalue weighted by Crippen LogP contribution is 2.36. The van der Waals surface area contributed by atoms with Gasteiger partial charge in [0.1, 0.15) is 12.3 Å². The average molecular weight is 630 g/mol. The van der Waals surface area contributed by atoms with Crippen molar-refractivity contribution in [2.75, 3.05) is 61.5 Å². The van der Waals surface area contributed by atoms with Crippen molar-refractivity contribution in [1.82, 2.24) is 24.7 Å². The molecule has 242 valence electrons. The first-order valence-corrected chi connectivity index (χ1v) is 13.4. The number of aliphatic hydroxyl groups is 1. The van der Waals surface area contributed by atoms with Crippen molar-refractivity contribution < 1.29 is 41.0 Å². The van der Waals surface area contributed by atoms with Gasteiger partial charge in [-0.2, -0.15) is 31.3 Å². The number of benzene rings is 2. The van der Waals surface area contributed by atoms with Gasteiger partial charge in [0.15, 0.2) is 0 Å². The van der Waals surface area contributed by atoms with Crippen LogP contribution in [0, 0.1) is 6.92 Å². The number of halogens is 6. The fourth-order valence-corrected chi connectivity index (χ4v) is 3.83. The van der Waals surface area contributed by atoms with E-state index in [2.05, 4.69) is 9.97 Å². The fourth-order valence-electron chi connectivity index (χ4n) is 3.83. The Hall–Kier alpha value is -3.75. The highest BCUT2D eigenvalue weighted by atomic mass is 19.4. The molecule has 44 heavy (non-hydrogen) atoms. The largest absolute Gasteiger partial charge is 0.462 e. The fraction of sp³-hybridized carbons (Fsp3) is 0.433. The summed E-state index contributed by atoms with van der Waals surface area (Å²) in [7, 11) is 8.80. The minimum Gasteiger partial charge on any atom is -0.462 e. The Kier molecular flexibility index (Phi) is 13.1. The molecule has 0 aliphatic heterocycles. The molecule has 1 N–H and O–H groups in total. The van der Waals surface area contributed by atoms with Crippen molar-refractivity contribution in [3.05, 3.63) is 76.6 Å². The van der Waals surface area contributed by atoms with Crippen LogP contribution < -0.4 is 4.74 Å². The first kappa shape index (κ1) is 36.4. The summed E-state index contributed by atoms with van der Waals surface area (Å²) >= 11 is 0. The van der Waals surface area contributed by atoms with Crippen LogP contribution >= 0.6 is 0 Å². The maximum Gasteiger partial charge on any atom is 0.416 e. The van der Waals surface area contributed by atoms with Gasteiger partial charge in [0.05, 0.1) is 17.7 Å². The third-order valence-corrected chi connectivity index (χ3v) is 6.14. The van der Waals surface area contributed by atoms with E-state index in [1.165, 1.54) is 13.2 Å². The summed E-state index contributed by atoms with van der Waals surface area (Å²) in [4.78, 5) is 26.7. The first-order valence-electron chi connectivity index (χ1n) is 13.4. The van der Waals surface area contributed by atoms with Crippen LogP contribution in [0.1, 0.15) is 32.7 Å². The second-order valence-corrected chi connectivity index (χ2v) is 10.5. The molecule has 0 unspecified atom stereocenters. The minimum atomic E-state index is -5.00. The molecule has 0 radical (unpaired) electrons. The van der Waals surface area contributed by atoms with Crippen LogP contribution in [0.3, 0.4) is 0 Å². The zero-order chi connectivity index (χ0) is 33.2. The van der Waals surface area contributed by atoms with Gasteiger partial charge >= 0.3 is 18.4 Å². The zero-order valence-electron chi connectivity index (χ0n) is 25.4. The third-order valence-electron chi connectivity index (χ3n) is 6.14. The van der Waals surface area contributed by atoms with Gasteiger partial charge in [-0.1, -0.05) is 24.3 Å². The molecule has 14 heteroatoms. The van der Waals surface area contributed by atoms with Gasteiger partial charge in [0.25, 0.3) is 5.91 Å². The van der Waals surface area contributed by atoms with Crippen LogP contribution in [0.5, 0.6) is 6.01 Å². The molecular weight excluding hydrogens is 592 g/mol. The standard InChI is InChI=1S/C26H26F6N4O2.C4H11NO/c1-16-7-5-6-8-20(16)21-14-33-24(38-10-9-35(2)3)34-22(21)23(37)36(4)15-17-11-18(25(27,28)29)13-19(12-17)26(30,31)32;1-5(2)3-4-6/h5-8,11-14H,9-10,15H2,1-4H3;6H,3-4H2,1-2H3. The van der Waals surface area contributed by atoms with E-state index in [0.29, 0.717) is 29.8 Å². The van der Waals surface area contributed by atoms with Gasteiger partial charge in [-0.15, -0.1) is 0 Å². The van der Waals surface area contributed by atoms with E-state index in [4.69, 9.17) is 9.84 Å². The van der Waals surface area contributed by atoms with Gasteiger partial charge in [-0.05, 0) is 70.0 Å². The second kappa shape index (κ2) is 15.8. The molecule has 3 aromatic rings. The predicted octanol–water partition coefficient (Wildman–Crippen LogP) is 5.24. The van der Waals surface area contributed by atoms with Gasteiger partial charge in [0.2, 0.25) is 0 Å². The summed E-state index contributed by atoms with van der Waals surface area (Å²) in [6.45, 7) is 3.08. The number of carbonyl (C=O) groups excluding carboxylic acids is 1. The lowest BCUT2D eigenvalue weighted by Gasteiger charge is -2.21. The monoisotopic (exact) mass is 629 g/mol. The molecule has 0 spiro atoms. The maximum atomic E-state index is 13.5. The van der Waals surface area contributed by atoms with Crippen LogP contribution in [0.25, 0.3) is 11.1 Å². The van der Waals surface area contributed by atoms with Crippen molar-refractivity contribution in [2.45, 2.75) is 25.8 Å². The Labute approximate surface area is 252 Å². The molecule has 0 saturated carbocycles. The smallest absolute Gasteiger partial charge is 0.416 e. The number of hydrogen-bond acceptors (Lipinski definition) is 7. The quantitative estimate of drug-likeness (QED) is 0.307. The number of carbonyl (C=O) groups is 1. The SMILES string of the molecule is CN(C)CCO.Cc1ccccc1-c1cnc(OCCN(C)C)nc1C(=O)N(C)Cc1cc(C(F)(F)F)cc(C(F)(F)F)c1. The van der Waals surface area contributed by atoms with E-state index in [9.17, 15) is 31.1 Å². The van der Waals surface area contributed by atoms with Crippen molar-refractivity contribution in [3.63, 3.8) is 0 Å². The minimum absolute atomic E-state index is 0.0450. The molecule has 1 aromatic heterocycles. The normalized spacial score (nSPS) is 11.8. The summed E-state index contributed by atoms with van der Waals surface area (Å²) in [5.41, 5.74) is -1.55. The van der Waals surface area contributed by atoms with Crippen LogP contribution in [0.15, 0.2) is 48.7 Å². The molecule has 0 aliphatic rings. The lowest BCUT2D eigenvalue weighted by Crippen LogP contribution is -2.28. The topological polar surface area (TPSA) is 82.0 Å². The Morgan fingerprint density at radius 3 is 1.91 bits per heavy atom. The summed E-state index contributed by atoms with van der Waals surface area (Å²) in [5, 5.41) is 8.20. The van der Waals surface area contributed by atoms with E-state index in [1.54, 1.807) is 18.2 Å². The Balaban J connectivity index is 0.00000102. The zero-order valence-corrected chi connectivity index (χ0v) is 25.4. The number of hydrogen-bond donors (Lipinski definition) is 1. The Morgan fingerprint density at radius 1 is 0.864 bits per heavy atom. The summed E-state index contributed by atoms with van der Waals surface area (Å²) < 4.78 is 85.3. The number of likely N-dealkylation sites (N-methyl/N-ethyl adjacent to an activating group) is 2. The van der Waals surface area contributed by atoms with E-state index in [0.717, 1.165) is 17.0 Å². The van der Waals surface area contributed by atoms with Crippen LogP contribution in [0.4, 0.5) is 26.3 Å². The Morgan fingerprint density at radius 2 is 1.43 bits per heavy atom. The van der Waals surface area contributed by atoms with Gasteiger partial charge in [0, 0.05) is 38.4 Å². The number of aromatic nitrogens is 2. The van der Waals surface area contributed by atoms with Crippen molar-refractivity contribution in [2.24, 2.45) is 0 Å². The number of aliphatic hydroxyl groups excluding tert-OH is 1. The molecule has 0 fully saturated rings. The molecule has 1 heterocycles. The van der Waals surface area contributed by atoms with Crippen LogP contribution in [-0.4, -0.2) is 97.2 Å². The number of alkyl halides is 6. The molecule has 0 bridgehead atoms. The van der Waals surface area contributed by atoms with Crippen molar-refractivity contribution >= 4 is 5.91 Å². The van der Waals surface area contributed by atoms with E-state index < -0.39 is 35.9 Å².